The molecule has 2 amide bonds. The number of carbonyl (C=O) groups is 2. The third-order valence-corrected chi connectivity index (χ3v) is 4.44. The molecule has 0 aromatic rings. The van der Waals surface area contributed by atoms with Crippen molar-refractivity contribution >= 4 is 21.7 Å². The molecule has 1 rings (SSSR count). The Labute approximate surface area is 101 Å². The average Bonchev–Trinajstić information content (AvgIpc) is 2.55. The molecule has 0 radical (unpaired) electrons. The molecule has 1 aliphatic heterocycles. The summed E-state index contributed by atoms with van der Waals surface area (Å²) in [5.41, 5.74) is 0. The summed E-state index contributed by atoms with van der Waals surface area (Å²) in [6, 6.07) is -0.502. The van der Waals surface area contributed by atoms with Crippen LogP contribution in [0.25, 0.3) is 0 Å². The van der Waals surface area contributed by atoms with Crippen molar-refractivity contribution in [3.63, 3.8) is 0 Å². The van der Waals surface area contributed by atoms with Gasteiger partial charge in [0.15, 0.2) is 9.84 Å². The molecular formula is C10H18N2O4S. The molecule has 0 aromatic carbocycles. The molecule has 1 saturated heterocycles. The predicted molar refractivity (Wildman–Crippen MR) is 63.1 cm³/mol. The standard InChI is InChI=1S/C10H18N2O4S/c1-7(2)11-9(13)10(14)12(3)8-4-5-17(15,16)6-8/h7-8H,4-6H2,1-3H3,(H,11,13). The van der Waals surface area contributed by atoms with Gasteiger partial charge in [0, 0.05) is 19.1 Å². The first-order valence-electron chi connectivity index (χ1n) is 5.51. The summed E-state index contributed by atoms with van der Waals surface area (Å²) in [4.78, 5) is 24.4. The lowest BCUT2D eigenvalue weighted by molar-refractivity contribution is -0.146. The van der Waals surface area contributed by atoms with Gasteiger partial charge in [-0.15, -0.1) is 0 Å². The third-order valence-electron chi connectivity index (χ3n) is 2.69. The summed E-state index contributed by atoms with van der Waals surface area (Å²) in [7, 11) is -1.58. The van der Waals surface area contributed by atoms with Gasteiger partial charge in [-0.05, 0) is 20.3 Å². The minimum atomic E-state index is -3.05. The lowest BCUT2D eigenvalue weighted by Crippen LogP contribution is -2.47. The van der Waals surface area contributed by atoms with Gasteiger partial charge in [0.2, 0.25) is 0 Å². The monoisotopic (exact) mass is 262 g/mol. The zero-order valence-electron chi connectivity index (χ0n) is 10.3. The van der Waals surface area contributed by atoms with Crippen molar-refractivity contribution in [1.29, 1.82) is 0 Å². The Morgan fingerprint density at radius 3 is 2.35 bits per heavy atom. The molecule has 1 aliphatic rings. The number of sulfone groups is 1. The third kappa shape index (κ3) is 3.69. The van der Waals surface area contributed by atoms with Crippen LogP contribution in [-0.2, 0) is 19.4 Å². The fraction of sp³-hybridized carbons (Fsp3) is 0.800. The number of nitrogens with zero attached hydrogens (tertiary/aromatic N) is 1. The Kier molecular flexibility index (Phi) is 4.13. The lowest BCUT2D eigenvalue weighted by atomic mass is 10.2. The van der Waals surface area contributed by atoms with Gasteiger partial charge in [0.05, 0.1) is 11.5 Å². The van der Waals surface area contributed by atoms with Crippen LogP contribution in [0.3, 0.4) is 0 Å². The van der Waals surface area contributed by atoms with E-state index < -0.39 is 21.7 Å². The van der Waals surface area contributed by atoms with E-state index in [9.17, 15) is 18.0 Å². The number of rotatable bonds is 2. The summed E-state index contributed by atoms with van der Waals surface area (Å²) in [6.07, 6.45) is 0.402. The van der Waals surface area contributed by atoms with Crippen molar-refractivity contribution in [2.45, 2.75) is 32.4 Å². The van der Waals surface area contributed by atoms with E-state index in [1.54, 1.807) is 13.8 Å². The molecule has 1 unspecified atom stereocenters. The second kappa shape index (κ2) is 5.03. The highest BCUT2D eigenvalue weighted by Gasteiger charge is 2.34. The Morgan fingerprint density at radius 2 is 1.94 bits per heavy atom. The van der Waals surface area contributed by atoms with E-state index >= 15 is 0 Å². The maximum Gasteiger partial charge on any atom is 0.311 e. The molecule has 7 heteroatoms. The van der Waals surface area contributed by atoms with Gasteiger partial charge in [0.25, 0.3) is 0 Å². The normalized spacial score (nSPS) is 22.5. The second-order valence-electron chi connectivity index (χ2n) is 4.60. The van der Waals surface area contributed by atoms with Crippen LogP contribution in [0.4, 0.5) is 0 Å². The maximum absolute atomic E-state index is 11.7. The van der Waals surface area contributed by atoms with Crippen LogP contribution in [0.2, 0.25) is 0 Å². The van der Waals surface area contributed by atoms with E-state index in [0.717, 1.165) is 0 Å². The van der Waals surface area contributed by atoms with Crippen LogP contribution in [0.15, 0.2) is 0 Å². The van der Waals surface area contributed by atoms with Gasteiger partial charge in [-0.25, -0.2) is 8.42 Å². The fourth-order valence-electron chi connectivity index (χ4n) is 1.73. The molecule has 0 spiro atoms. The smallest absolute Gasteiger partial charge is 0.311 e. The molecule has 17 heavy (non-hydrogen) atoms. The first-order chi connectivity index (χ1) is 7.73. The number of hydrogen-bond donors (Lipinski definition) is 1. The lowest BCUT2D eigenvalue weighted by Gasteiger charge is -2.23. The Morgan fingerprint density at radius 1 is 1.35 bits per heavy atom. The first kappa shape index (κ1) is 14.0. The molecule has 0 saturated carbocycles. The van der Waals surface area contributed by atoms with Gasteiger partial charge in [0.1, 0.15) is 0 Å². The summed E-state index contributed by atoms with van der Waals surface area (Å²) in [6.45, 7) is 3.51. The van der Waals surface area contributed by atoms with E-state index in [0.29, 0.717) is 6.42 Å². The van der Waals surface area contributed by atoms with Crippen LogP contribution in [-0.4, -0.2) is 55.8 Å². The molecule has 0 aromatic heterocycles. The largest absolute Gasteiger partial charge is 0.346 e. The Hall–Kier alpha value is -1.11. The van der Waals surface area contributed by atoms with Crippen molar-refractivity contribution in [3.8, 4) is 0 Å². The van der Waals surface area contributed by atoms with Crippen LogP contribution >= 0.6 is 0 Å². The van der Waals surface area contributed by atoms with Crippen LogP contribution in [0.1, 0.15) is 20.3 Å². The van der Waals surface area contributed by atoms with Gasteiger partial charge in [-0.2, -0.15) is 0 Å². The molecule has 0 bridgehead atoms. The van der Waals surface area contributed by atoms with Gasteiger partial charge < -0.3 is 10.2 Å². The SMILES string of the molecule is CC(C)NC(=O)C(=O)N(C)C1CCS(=O)(=O)C1. The van der Waals surface area contributed by atoms with E-state index in [2.05, 4.69) is 5.32 Å². The van der Waals surface area contributed by atoms with Crippen molar-refractivity contribution in [1.82, 2.24) is 10.2 Å². The van der Waals surface area contributed by atoms with Crippen molar-refractivity contribution in [2.24, 2.45) is 0 Å². The van der Waals surface area contributed by atoms with Gasteiger partial charge in [-0.1, -0.05) is 0 Å². The molecular weight excluding hydrogens is 244 g/mol. The number of hydrogen-bond acceptors (Lipinski definition) is 4. The first-order valence-corrected chi connectivity index (χ1v) is 7.33. The van der Waals surface area contributed by atoms with Gasteiger partial charge >= 0.3 is 11.8 Å². The summed E-state index contributed by atoms with van der Waals surface area (Å²) in [5, 5.41) is 2.49. The molecule has 98 valence electrons. The topological polar surface area (TPSA) is 83.6 Å². The quantitative estimate of drug-likeness (QED) is 0.657. The summed E-state index contributed by atoms with van der Waals surface area (Å²) >= 11 is 0. The molecule has 6 nitrogen and oxygen atoms in total. The molecule has 1 N–H and O–H groups in total. The average molecular weight is 262 g/mol. The van der Waals surface area contributed by atoms with Crippen LogP contribution < -0.4 is 5.32 Å². The van der Waals surface area contributed by atoms with E-state index in [4.69, 9.17) is 0 Å². The highest BCUT2D eigenvalue weighted by Crippen LogP contribution is 2.16. The number of nitrogens with one attached hydrogen (secondary N) is 1. The summed E-state index contributed by atoms with van der Waals surface area (Å²) < 4.78 is 22.6. The van der Waals surface area contributed by atoms with Crippen LogP contribution in [0.5, 0.6) is 0 Å². The van der Waals surface area contributed by atoms with E-state index in [1.165, 1.54) is 11.9 Å². The Balaban J connectivity index is 2.62. The zero-order chi connectivity index (χ0) is 13.2. The van der Waals surface area contributed by atoms with Crippen LogP contribution in [0, 0.1) is 0 Å². The molecule has 1 heterocycles. The van der Waals surface area contributed by atoms with Crippen molar-refractivity contribution in [3.05, 3.63) is 0 Å². The molecule has 1 fully saturated rings. The number of carbonyl (C=O) groups excluding carboxylic acids is 2. The van der Waals surface area contributed by atoms with Crippen molar-refractivity contribution < 1.29 is 18.0 Å². The fourth-order valence-corrected chi connectivity index (χ4v) is 3.51. The number of likely N-dealkylation sites (N-methyl/N-ethyl adjacent to an activating group) is 1. The van der Waals surface area contributed by atoms with Crippen molar-refractivity contribution in [2.75, 3.05) is 18.6 Å². The minimum absolute atomic E-state index is 0.0514. The van der Waals surface area contributed by atoms with E-state index in [-0.39, 0.29) is 23.6 Å². The van der Waals surface area contributed by atoms with Gasteiger partial charge in [-0.3, -0.25) is 9.59 Å². The second-order valence-corrected chi connectivity index (χ2v) is 6.83. The zero-order valence-corrected chi connectivity index (χ0v) is 11.1. The molecule has 1 atom stereocenters. The molecule has 0 aliphatic carbocycles. The summed E-state index contributed by atoms with van der Waals surface area (Å²) in [5.74, 6) is -1.33. The van der Waals surface area contributed by atoms with E-state index in [1.807, 2.05) is 0 Å². The maximum atomic E-state index is 11.7. The predicted octanol–water partition coefficient (Wildman–Crippen LogP) is -0.843. The highest BCUT2D eigenvalue weighted by molar-refractivity contribution is 7.91. The Bertz CT molecular complexity index is 416. The number of amides is 2. The minimum Gasteiger partial charge on any atom is -0.346 e. The highest BCUT2D eigenvalue weighted by atomic mass is 32.2.